The van der Waals surface area contributed by atoms with Crippen molar-refractivity contribution in [3.8, 4) is 0 Å². The van der Waals surface area contributed by atoms with Gasteiger partial charge in [0.25, 0.3) is 0 Å². The summed E-state index contributed by atoms with van der Waals surface area (Å²) in [5.74, 6) is -0.938. The Balaban J connectivity index is 2.95. The van der Waals surface area contributed by atoms with Crippen molar-refractivity contribution in [1.82, 2.24) is 0 Å². The van der Waals surface area contributed by atoms with Crippen molar-refractivity contribution in [3.63, 3.8) is 0 Å². The van der Waals surface area contributed by atoms with Gasteiger partial charge in [0.15, 0.2) is 0 Å². The average molecular weight is 429 g/mol. The van der Waals surface area contributed by atoms with E-state index in [9.17, 15) is 4.79 Å². The topological polar surface area (TPSA) is 60.6 Å². The van der Waals surface area contributed by atoms with E-state index in [0.717, 1.165) is 57.8 Å². The lowest BCUT2D eigenvalue weighted by Gasteiger charge is -2.42. The second-order valence-electron chi connectivity index (χ2n) is 10.9. The van der Waals surface area contributed by atoms with Gasteiger partial charge in [-0.1, -0.05) is 88.0 Å². The second kappa shape index (κ2) is 11.7. The van der Waals surface area contributed by atoms with Crippen LogP contribution >= 0.6 is 0 Å². The Kier molecular flexibility index (Phi) is 10.6. The van der Waals surface area contributed by atoms with Gasteiger partial charge in [-0.05, 0) is 43.4 Å². The van der Waals surface area contributed by atoms with Gasteiger partial charge in [0.2, 0.25) is 0 Å². The van der Waals surface area contributed by atoms with Crippen LogP contribution < -0.4 is 0 Å². The Hall–Kier alpha value is -0.810. The predicted octanol–water partition coefficient (Wildman–Crippen LogP) is 8.02. The van der Waals surface area contributed by atoms with Crippen LogP contribution in [-0.4, -0.2) is 18.2 Å². The molecule has 3 unspecified atom stereocenters. The summed E-state index contributed by atoms with van der Waals surface area (Å²) >= 11 is 0. The molecule has 0 spiro atoms. The third kappa shape index (κ3) is 8.37. The molecule has 1 fully saturated rings. The van der Waals surface area contributed by atoms with Crippen LogP contribution in [0.2, 0.25) is 0 Å². The van der Waals surface area contributed by atoms with E-state index in [0.29, 0.717) is 5.92 Å². The lowest BCUT2D eigenvalue weighted by Crippen LogP contribution is -2.43. The molecule has 30 heavy (non-hydrogen) atoms. The van der Waals surface area contributed by atoms with Gasteiger partial charge in [0.05, 0.1) is 5.92 Å². The minimum Gasteiger partial charge on any atom is -0.430 e. The fraction of sp³-hybridized carbons (Fsp3) is 0.960. The molecule has 0 aromatic carbocycles. The van der Waals surface area contributed by atoms with Crippen LogP contribution in [0.4, 0.5) is 4.79 Å². The third-order valence-electron chi connectivity index (χ3n) is 6.23. The van der Waals surface area contributed by atoms with Crippen molar-refractivity contribution < 1.29 is 24.0 Å². The first-order valence-electron chi connectivity index (χ1n) is 12.2. The smallest absolute Gasteiger partial charge is 0.430 e. The zero-order chi connectivity index (χ0) is 23.0. The maximum Gasteiger partial charge on any atom is 0.513 e. The molecule has 0 aromatic rings. The first kappa shape index (κ1) is 27.2. The normalized spacial score (nSPS) is 19.1. The van der Waals surface area contributed by atoms with Crippen LogP contribution in [0.3, 0.4) is 0 Å². The first-order chi connectivity index (χ1) is 13.9. The molecular formula is C25H48O5. The zero-order valence-corrected chi connectivity index (χ0v) is 21.1. The van der Waals surface area contributed by atoms with Crippen molar-refractivity contribution in [3.05, 3.63) is 0 Å². The molecule has 1 heterocycles. The van der Waals surface area contributed by atoms with E-state index in [1.165, 1.54) is 0 Å². The van der Waals surface area contributed by atoms with Crippen molar-refractivity contribution in [2.24, 2.45) is 22.7 Å². The highest BCUT2D eigenvalue weighted by Crippen LogP contribution is 2.45. The maximum atomic E-state index is 12.9. The van der Waals surface area contributed by atoms with E-state index >= 15 is 0 Å². The molecule has 5 nitrogen and oxygen atoms in total. The summed E-state index contributed by atoms with van der Waals surface area (Å²) in [6.45, 7) is 19.7. The molecule has 1 aliphatic heterocycles. The van der Waals surface area contributed by atoms with Crippen molar-refractivity contribution in [1.29, 1.82) is 0 Å². The maximum absolute atomic E-state index is 12.9. The van der Waals surface area contributed by atoms with Gasteiger partial charge in [-0.25, -0.2) is 4.79 Å². The highest BCUT2D eigenvalue weighted by molar-refractivity contribution is 5.60. The highest BCUT2D eigenvalue weighted by atomic mass is 17.5. The first-order valence-corrected chi connectivity index (χ1v) is 12.2. The monoisotopic (exact) mass is 428 g/mol. The van der Waals surface area contributed by atoms with Crippen molar-refractivity contribution in [2.75, 3.05) is 0 Å². The van der Waals surface area contributed by atoms with Crippen molar-refractivity contribution >= 4 is 6.16 Å². The molecule has 0 aromatic heterocycles. The summed E-state index contributed by atoms with van der Waals surface area (Å²) in [7, 11) is 0. The summed E-state index contributed by atoms with van der Waals surface area (Å²) in [6, 6.07) is 0. The zero-order valence-electron chi connectivity index (χ0n) is 21.1. The minimum absolute atomic E-state index is 0.0214. The largest absolute Gasteiger partial charge is 0.513 e. The van der Waals surface area contributed by atoms with Crippen LogP contribution in [0.5, 0.6) is 0 Å². The van der Waals surface area contributed by atoms with E-state index in [-0.39, 0.29) is 22.9 Å². The molecule has 0 N–H and O–H groups in total. The van der Waals surface area contributed by atoms with Gasteiger partial charge in [-0.3, -0.25) is 0 Å². The molecule has 1 rings (SSSR count). The molecule has 5 heteroatoms. The fourth-order valence-electron chi connectivity index (χ4n) is 5.02. The Bertz CT molecular complexity index is 504. The highest BCUT2D eigenvalue weighted by Gasteiger charge is 2.60. The van der Waals surface area contributed by atoms with Gasteiger partial charge >= 0.3 is 12.1 Å². The molecule has 0 amide bonds. The molecule has 0 saturated carbocycles. The van der Waals surface area contributed by atoms with E-state index in [4.69, 9.17) is 19.2 Å². The standard InChI is InChI=1S/C25H48O5/c1-10-14-16-19(12-3)21(24(8,9)18-23(5,6)7)27-22(26)28-25(29-30-25)20(13-4)17-15-11-2/h19-21H,10-18H2,1-9H3. The third-order valence-corrected chi connectivity index (χ3v) is 6.23. The minimum atomic E-state index is -1.26. The Morgan fingerprint density at radius 3 is 1.90 bits per heavy atom. The molecule has 0 aliphatic carbocycles. The van der Waals surface area contributed by atoms with E-state index in [2.05, 4.69) is 62.3 Å². The lowest BCUT2D eigenvalue weighted by atomic mass is 9.68. The Morgan fingerprint density at radius 2 is 1.47 bits per heavy atom. The number of ether oxygens (including phenoxy) is 2. The van der Waals surface area contributed by atoms with Gasteiger partial charge < -0.3 is 9.47 Å². The van der Waals surface area contributed by atoms with Crippen LogP contribution in [-0.2, 0) is 19.2 Å². The van der Waals surface area contributed by atoms with E-state index in [1.54, 1.807) is 0 Å². The van der Waals surface area contributed by atoms with E-state index in [1.807, 2.05) is 0 Å². The summed E-state index contributed by atoms with van der Waals surface area (Å²) in [5, 5.41) is 0. The summed E-state index contributed by atoms with van der Waals surface area (Å²) in [4.78, 5) is 23.3. The molecule has 1 aliphatic rings. The molecular weight excluding hydrogens is 380 g/mol. The average Bonchev–Trinajstić information content (AvgIpc) is 3.40. The van der Waals surface area contributed by atoms with Crippen LogP contribution in [0, 0.1) is 22.7 Å². The molecule has 1 saturated heterocycles. The predicted molar refractivity (Wildman–Crippen MR) is 121 cm³/mol. The Labute approximate surface area is 185 Å². The molecule has 3 atom stereocenters. The fourth-order valence-corrected chi connectivity index (χ4v) is 5.02. The molecule has 178 valence electrons. The van der Waals surface area contributed by atoms with Gasteiger partial charge in [-0.2, -0.15) is 9.78 Å². The number of carbonyl (C=O) groups excluding carboxylic acids is 1. The molecule has 0 radical (unpaired) electrons. The van der Waals surface area contributed by atoms with Crippen LogP contribution in [0.1, 0.15) is 120 Å². The van der Waals surface area contributed by atoms with Gasteiger partial charge in [0, 0.05) is 5.41 Å². The number of unbranched alkanes of at least 4 members (excludes halogenated alkanes) is 2. The number of hydrogen-bond acceptors (Lipinski definition) is 5. The Morgan fingerprint density at radius 1 is 0.900 bits per heavy atom. The summed E-state index contributed by atoms with van der Waals surface area (Å²) in [6.07, 6.45) is 8.18. The van der Waals surface area contributed by atoms with Crippen molar-refractivity contribution in [2.45, 2.75) is 132 Å². The van der Waals surface area contributed by atoms with Crippen LogP contribution in [0.25, 0.3) is 0 Å². The van der Waals surface area contributed by atoms with Gasteiger partial charge in [-0.15, -0.1) is 0 Å². The number of rotatable bonds is 14. The SMILES string of the molecule is CCCCC(CC)C(OC(=O)OC1(C(CC)CCCC)OO1)C(C)(C)CC(C)(C)C. The second-order valence-corrected chi connectivity index (χ2v) is 10.9. The number of carbonyl (C=O) groups is 1. The van der Waals surface area contributed by atoms with Crippen LogP contribution in [0.15, 0.2) is 0 Å². The molecule has 0 bridgehead atoms. The quantitative estimate of drug-likeness (QED) is 0.159. The summed E-state index contributed by atoms with van der Waals surface area (Å²) in [5.41, 5.74) is -0.0358. The van der Waals surface area contributed by atoms with E-state index < -0.39 is 12.1 Å². The summed E-state index contributed by atoms with van der Waals surface area (Å²) < 4.78 is 11.7. The number of hydrogen-bond donors (Lipinski definition) is 0. The lowest BCUT2D eigenvalue weighted by molar-refractivity contribution is -0.117. The van der Waals surface area contributed by atoms with Gasteiger partial charge in [0.1, 0.15) is 6.10 Å².